The second-order valence-electron chi connectivity index (χ2n) is 2.88. The fraction of sp³-hybridized carbons (Fsp3) is 0. The topological polar surface area (TPSA) is 52.1 Å². The van der Waals surface area contributed by atoms with Gasteiger partial charge in [-0.25, -0.2) is 0 Å². The van der Waals surface area contributed by atoms with Crippen LogP contribution in [0, 0.1) is 6.33 Å². The summed E-state index contributed by atoms with van der Waals surface area (Å²) in [6.45, 7) is 0. The maximum Gasteiger partial charge on any atom is 0.258 e. The predicted octanol–water partition coefficient (Wildman–Crippen LogP) is 2.23. The molecular weight excluding hydrogens is 180 g/mol. The Labute approximate surface area is 79.5 Å². The second kappa shape index (κ2) is 2.70. The first-order chi connectivity index (χ1) is 6.93. The van der Waals surface area contributed by atoms with E-state index >= 15 is 0 Å². The number of nitrogens with zero attached hydrogens (tertiary/aromatic N) is 2. The van der Waals surface area contributed by atoms with Gasteiger partial charge in [0.25, 0.3) is 5.89 Å². The molecule has 0 fully saturated rings. The molecule has 0 saturated carbocycles. The zero-order chi connectivity index (χ0) is 9.38. The maximum absolute atomic E-state index is 5.29. The van der Waals surface area contributed by atoms with Crippen LogP contribution in [-0.4, -0.2) is 10.1 Å². The fourth-order valence-electron chi connectivity index (χ4n) is 1.38. The summed E-state index contributed by atoms with van der Waals surface area (Å²) >= 11 is 0. The van der Waals surface area contributed by atoms with E-state index in [-0.39, 0.29) is 0 Å². The average Bonchev–Trinajstić information content (AvgIpc) is 2.86. The van der Waals surface area contributed by atoms with Crippen LogP contribution in [0.5, 0.6) is 0 Å². The Morgan fingerprint density at radius 1 is 1.21 bits per heavy atom. The third kappa shape index (κ3) is 1.01. The van der Waals surface area contributed by atoms with Crippen LogP contribution >= 0.6 is 0 Å². The van der Waals surface area contributed by atoms with Gasteiger partial charge in [-0.2, -0.15) is 4.98 Å². The Bertz CT molecular complexity index is 483. The summed E-state index contributed by atoms with van der Waals surface area (Å²) in [5, 5.41) is 3.43. The van der Waals surface area contributed by atoms with Crippen molar-refractivity contribution in [3.05, 3.63) is 36.9 Å². The lowest BCUT2D eigenvalue weighted by Crippen LogP contribution is -1.68. The van der Waals surface area contributed by atoms with E-state index in [1.54, 1.807) is 6.26 Å². The summed E-state index contributed by atoms with van der Waals surface area (Å²) in [5.41, 5.74) is 1.87. The molecule has 0 aromatic carbocycles. The molecule has 0 bridgehead atoms. The van der Waals surface area contributed by atoms with Crippen molar-refractivity contribution in [1.82, 2.24) is 10.1 Å². The van der Waals surface area contributed by atoms with Crippen molar-refractivity contribution in [1.29, 1.82) is 0 Å². The Morgan fingerprint density at radius 2 is 2.21 bits per heavy atom. The van der Waals surface area contributed by atoms with Gasteiger partial charge in [0.1, 0.15) is 5.76 Å². The SMILES string of the molecule is [c]1noc(-c2cc3cccoc-3c2)n1. The van der Waals surface area contributed by atoms with Crippen LogP contribution < -0.4 is 0 Å². The van der Waals surface area contributed by atoms with Gasteiger partial charge in [0, 0.05) is 11.1 Å². The highest BCUT2D eigenvalue weighted by Crippen LogP contribution is 2.30. The smallest absolute Gasteiger partial charge is 0.258 e. The minimum absolute atomic E-state index is 0.455. The first-order valence-electron chi connectivity index (χ1n) is 4.11. The molecule has 0 spiro atoms. The number of rotatable bonds is 1. The van der Waals surface area contributed by atoms with Gasteiger partial charge in [-0.1, -0.05) is 5.16 Å². The normalized spacial score (nSPS) is 10.9. The lowest BCUT2D eigenvalue weighted by molar-refractivity contribution is 0.429. The van der Waals surface area contributed by atoms with Gasteiger partial charge >= 0.3 is 0 Å². The highest BCUT2D eigenvalue weighted by molar-refractivity contribution is 5.72. The van der Waals surface area contributed by atoms with E-state index in [9.17, 15) is 0 Å². The summed E-state index contributed by atoms with van der Waals surface area (Å²) in [7, 11) is 0. The molecule has 67 valence electrons. The third-order valence-electron chi connectivity index (χ3n) is 2.00. The molecule has 3 rings (SSSR count). The predicted molar refractivity (Wildman–Crippen MR) is 47.5 cm³/mol. The van der Waals surface area contributed by atoms with Crippen LogP contribution in [0.1, 0.15) is 0 Å². The molecule has 0 atom stereocenters. The molecule has 4 heteroatoms. The molecule has 2 heterocycles. The largest absolute Gasteiger partial charge is 0.464 e. The van der Waals surface area contributed by atoms with E-state index in [1.165, 1.54) is 0 Å². The number of fused-ring (bicyclic) bond motifs is 1. The Hall–Kier alpha value is -2.10. The molecule has 14 heavy (non-hydrogen) atoms. The van der Waals surface area contributed by atoms with Crippen molar-refractivity contribution >= 4 is 0 Å². The molecule has 0 unspecified atom stereocenters. The highest BCUT2D eigenvalue weighted by Gasteiger charge is 2.12. The monoisotopic (exact) mass is 185 g/mol. The van der Waals surface area contributed by atoms with Crippen molar-refractivity contribution in [2.24, 2.45) is 0 Å². The van der Waals surface area contributed by atoms with E-state index in [2.05, 4.69) is 16.5 Å². The van der Waals surface area contributed by atoms with Crippen LogP contribution in [0.25, 0.3) is 22.8 Å². The van der Waals surface area contributed by atoms with Gasteiger partial charge in [0.2, 0.25) is 6.33 Å². The molecule has 1 aliphatic heterocycles. The maximum atomic E-state index is 5.29. The molecule has 0 N–H and O–H groups in total. The van der Waals surface area contributed by atoms with E-state index in [4.69, 9.17) is 8.94 Å². The summed E-state index contributed by atoms with van der Waals surface area (Å²) in [6, 6.07) is 7.59. The summed E-state index contributed by atoms with van der Waals surface area (Å²) < 4.78 is 10.2. The van der Waals surface area contributed by atoms with Gasteiger partial charge in [0.15, 0.2) is 0 Å². The molecule has 1 aliphatic carbocycles. The van der Waals surface area contributed by atoms with E-state index in [1.807, 2.05) is 24.3 Å². The van der Waals surface area contributed by atoms with Gasteiger partial charge in [-0.15, -0.1) is 0 Å². The van der Waals surface area contributed by atoms with Gasteiger partial charge in [-0.3, -0.25) is 0 Å². The molecule has 1 radical (unpaired) electrons. The van der Waals surface area contributed by atoms with Crippen LogP contribution in [0.3, 0.4) is 0 Å². The Balaban J connectivity index is 2.21. The third-order valence-corrected chi connectivity index (χ3v) is 2.00. The summed E-state index contributed by atoms with van der Waals surface area (Å²) in [6.07, 6.45) is 4.01. The minimum Gasteiger partial charge on any atom is -0.464 e. The zero-order valence-electron chi connectivity index (χ0n) is 7.10. The van der Waals surface area contributed by atoms with Crippen molar-refractivity contribution in [3.8, 4) is 22.8 Å². The van der Waals surface area contributed by atoms with Gasteiger partial charge < -0.3 is 8.94 Å². The Morgan fingerprint density at radius 3 is 3.00 bits per heavy atom. The highest BCUT2D eigenvalue weighted by atomic mass is 16.5. The molecule has 1 aromatic rings. The summed E-state index contributed by atoms with van der Waals surface area (Å²) in [5.74, 6) is 1.26. The fourth-order valence-corrected chi connectivity index (χ4v) is 1.38. The number of hydrogen-bond acceptors (Lipinski definition) is 4. The van der Waals surface area contributed by atoms with Crippen LogP contribution in [0.15, 0.2) is 39.5 Å². The van der Waals surface area contributed by atoms with Gasteiger partial charge in [0.05, 0.1) is 6.26 Å². The van der Waals surface area contributed by atoms with Crippen LogP contribution in [-0.2, 0) is 0 Å². The standard InChI is InChI=1S/C10H5N2O2/c1-2-7-4-8(5-9(7)13-3-1)10-11-6-12-14-10/h1-5H. The molecular formula is C10H5N2O2. The molecule has 0 saturated heterocycles. The van der Waals surface area contributed by atoms with E-state index < -0.39 is 0 Å². The molecule has 4 nitrogen and oxygen atoms in total. The minimum atomic E-state index is 0.455. The van der Waals surface area contributed by atoms with E-state index in [0.29, 0.717) is 5.89 Å². The molecule has 0 amide bonds. The van der Waals surface area contributed by atoms with Crippen molar-refractivity contribution < 1.29 is 8.94 Å². The van der Waals surface area contributed by atoms with Crippen molar-refractivity contribution in [2.45, 2.75) is 0 Å². The van der Waals surface area contributed by atoms with Crippen molar-refractivity contribution in [2.75, 3.05) is 0 Å². The second-order valence-corrected chi connectivity index (χ2v) is 2.88. The van der Waals surface area contributed by atoms with Gasteiger partial charge in [-0.05, 0) is 24.3 Å². The van der Waals surface area contributed by atoms with Crippen molar-refractivity contribution in [3.63, 3.8) is 0 Å². The first-order valence-corrected chi connectivity index (χ1v) is 4.11. The lowest BCUT2D eigenvalue weighted by Gasteiger charge is -1.91. The van der Waals surface area contributed by atoms with Crippen LogP contribution in [0.2, 0.25) is 0 Å². The lowest BCUT2D eigenvalue weighted by atomic mass is 10.3. The van der Waals surface area contributed by atoms with E-state index in [0.717, 1.165) is 16.9 Å². The average molecular weight is 185 g/mol. The first kappa shape index (κ1) is 7.32. The Kier molecular flexibility index (Phi) is 1.41. The van der Waals surface area contributed by atoms with Crippen LogP contribution in [0.4, 0.5) is 0 Å². The zero-order valence-corrected chi connectivity index (χ0v) is 7.10. The molecule has 2 aliphatic rings. The number of aromatic nitrogens is 2. The number of hydrogen-bond donors (Lipinski definition) is 0. The molecule has 1 aromatic heterocycles. The quantitative estimate of drug-likeness (QED) is 0.583. The summed E-state index contributed by atoms with van der Waals surface area (Å²) in [4.78, 5) is 3.84.